The predicted octanol–water partition coefficient (Wildman–Crippen LogP) is 8.66. The van der Waals surface area contributed by atoms with Crippen molar-refractivity contribution in [3.63, 3.8) is 0 Å². The summed E-state index contributed by atoms with van der Waals surface area (Å²) in [6, 6.07) is 20.4. The van der Waals surface area contributed by atoms with Crippen LogP contribution in [0.3, 0.4) is 0 Å². The minimum absolute atomic E-state index is 0.0781. The molecule has 0 aliphatic heterocycles. The molecule has 3 saturated carbocycles. The molecule has 0 saturated heterocycles. The average molecular weight is 585 g/mol. The molecule has 8 atom stereocenters. The summed E-state index contributed by atoms with van der Waals surface area (Å²) in [4.78, 5) is 12.2. The minimum Gasteiger partial charge on any atom is -0.404 e. The van der Waals surface area contributed by atoms with Crippen molar-refractivity contribution in [3.8, 4) is 0 Å². The molecule has 0 spiro atoms. The molecule has 0 radical (unpaired) electrons. The molecule has 0 heterocycles. The Morgan fingerprint density at radius 1 is 0.833 bits per heavy atom. The molecule has 1 N–H and O–H groups in total. The molecule has 228 valence electrons. The Kier molecular flexibility index (Phi) is 8.68. The summed E-state index contributed by atoms with van der Waals surface area (Å²) in [7, 11) is -3.29. The second kappa shape index (κ2) is 12.0. The summed E-state index contributed by atoms with van der Waals surface area (Å²) < 4.78 is 6.91. The van der Waals surface area contributed by atoms with Crippen molar-refractivity contribution in [1.82, 2.24) is 0 Å². The van der Waals surface area contributed by atoms with E-state index in [-0.39, 0.29) is 6.10 Å². The summed E-state index contributed by atoms with van der Waals surface area (Å²) in [5.74, 6) is 5.17. The lowest BCUT2D eigenvalue weighted by molar-refractivity contribution is -0.0568. The molecule has 6 rings (SSSR count). The van der Waals surface area contributed by atoms with Crippen LogP contribution < -0.4 is 10.4 Å². The first-order valence-electron chi connectivity index (χ1n) is 17.4. The SMILES string of the molecule is CC(C)CCC[C@@H](C)[C@H]1CCC2C3CC=C4CC(O[Si](O)(c5ccccc5)c5ccccc5)CC[C@]4(C)C3CC[C@@]21C. The molecule has 42 heavy (non-hydrogen) atoms. The first-order chi connectivity index (χ1) is 20.1. The van der Waals surface area contributed by atoms with Gasteiger partial charge in [0.05, 0.1) is 6.10 Å². The highest BCUT2D eigenvalue weighted by Crippen LogP contribution is 2.67. The van der Waals surface area contributed by atoms with Gasteiger partial charge in [-0.2, -0.15) is 0 Å². The van der Waals surface area contributed by atoms with E-state index in [9.17, 15) is 4.80 Å². The smallest absolute Gasteiger partial charge is 0.404 e. The fourth-order valence-electron chi connectivity index (χ4n) is 10.6. The molecule has 0 amide bonds. The summed E-state index contributed by atoms with van der Waals surface area (Å²) in [6.07, 6.45) is 17.2. The largest absolute Gasteiger partial charge is 0.404 e. The van der Waals surface area contributed by atoms with Crippen LogP contribution in [-0.4, -0.2) is 19.5 Å². The summed E-state index contributed by atoms with van der Waals surface area (Å²) in [5.41, 5.74) is 2.47. The Bertz CT molecular complexity index is 1180. The van der Waals surface area contributed by atoms with E-state index >= 15 is 0 Å². The quantitative estimate of drug-likeness (QED) is 0.236. The Morgan fingerprint density at radius 2 is 1.50 bits per heavy atom. The highest BCUT2D eigenvalue weighted by Gasteiger charge is 2.59. The number of rotatable bonds is 9. The van der Waals surface area contributed by atoms with Gasteiger partial charge < -0.3 is 9.22 Å². The molecule has 4 aliphatic carbocycles. The lowest BCUT2D eigenvalue weighted by Crippen LogP contribution is -2.63. The normalized spacial score (nSPS) is 35.2. The molecule has 2 aromatic carbocycles. The van der Waals surface area contributed by atoms with Crippen molar-refractivity contribution in [1.29, 1.82) is 0 Å². The van der Waals surface area contributed by atoms with Crippen LogP contribution in [-0.2, 0) is 4.43 Å². The zero-order valence-corrected chi connectivity index (χ0v) is 28.0. The van der Waals surface area contributed by atoms with Gasteiger partial charge in [-0.05, 0) is 108 Å². The zero-order valence-electron chi connectivity index (χ0n) is 27.0. The van der Waals surface area contributed by atoms with Crippen molar-refractivity contribution in [2.45, 2.75) is 111 Å². The van der Waals surface area contributed by atoms with Gasteiger partial charge in [-0.3, -0.25) is 0 Å². The fourth-order valence-corrected chi connectivity index (χ4v) is 13.2. The fraction of sp³-hybridized carbons (Fsp3) is 0.641. The van der Waals surface area contributed by atoms with Crippen molar-refractivity contribution < 1.29 is 9.22 Å². The average Bonchev–Trinajstić information content (AvgIpc) is 3.35. The first-order valence-corrected chi connectivity index (χ1v) is 19.2. The zero-order chi connectivity index (χ0) is 29.5. The minimum atomic E-state index is -3.29. The van der Waals surface area contributed by atoms with Crippen molar-refractivity contribution in [3.05, 3.63) is 72.3 Å². The standard InChI is InChI=1S/C39H56O2Si/c1-28(2)13-12-14-29(3)35-21-22-36-34-20-19-30-27-31(23-25-38(30,4)37(34)24-26-39(35,36)5)41-42(40,32-15-8-6-9-16-32)33-17-10-7-11-18-33/h6-11,15-19,28-29,31,34-37,40H,12-14,20-27H2,1-5H3/t29-,31?,34?,35-,36?,37?,38+,39-/m1/s1. The van der Waals surface area contributed by atoms with Gasteiger partial charge in [-0.15, -0.1) is 0 Å². The van der Waals surface area contributed by atoms with Crippen LogP contribution in [0.2, 0.25) is 0 Å². The van der Waals surface area contributed by atoms with Gasteiger partial charge in [0, 0.05) is 0 Å². The van der Waals surface area contributed by atoms with Crippen LogP contribution in [0.4, 0.5) is 0 Å². The third-order valence-corrected chi connectivity index (χ3v) is 15.8. The molecule has 2 aromatic rings. The van der Waals surface area contributed by atoms with E-state index in [0.29, 0.717) is 10.8 Å². The van der Waals surface area contributed by atoms with Crippen LogP contribution in [0, 0.1) is 46.3 Å². The van der Waals surface area contributed by atoms with Gasteiger partial charge in [0.15, 0.2) is 0 Å². The molecule has 3 heteroatoms. The molecule has 4 unspecified atom stereocenters. The third kappa shape index (κ3) is 5.41. The second-order valence-electron chi connectivity index (χ2n) is 15.6. The molecule has 0 aromatic heterocycles. The number of fused-ring (bicyclic) bond motifs is 5. The second-order valence-corrected chi connectivity index (χ2v) is 18.3. The Balaban J connectivity index is 1.18. The van der Waals surface area contributed by atoms with Gasteiger partial charge in [-0.25, -0.2) is 0 Å². The topological polar surface area (TPSA) is 29.5 Å². The third-order valence-electron chi connectivity index (χ3n) is 12.9. The van der Waals surface area contributed by atoms with Crippen molar-refractivity contribution in [2.24, 2.45) is 46.3 Å². The van der Waals surface area contributed by atoms with Crippen LogP contribution >= 0.6 is 0 Å². The number of hydrogen-bond donors (Lipinski definition) is 1. The maximum Gasteiger partial charge on any atom is 0.404 e. The maximum absolute atomic E-state index is 12.2. The van der Waals surface area contributed by atoms with E-state index in [2.05, 4.69) is 65.0 Å². The highest BCUT2D eigenvalue weighted by molar-refractivity contribution is 6.91. The molecular formula is C39H56O2Si. The van der Waals surface area contributed by atoms with Gasteiger partial charge in [0.1, 0.15) is 0 Å². The Morgan fingerprint density at radius 3 is 2.14 bits per heavy atom. The molecular weight excluding hydrogens is 529 g/mol. The van der Waals surface area contributed by atoms with Gasteiger partial charge in [0.25, 0.3) is 0 Å². The van der Waals surface area contributed by atoms with E-state index in [4.69, 9.17) is 4.43 Å². The number of hydrogen-bond acceptors (Lipinski definition) is 2. The predicted molar refractivity (Wildman–Crippen MR) is 178 cm³/mol. The lowest BCUT2D eigenvalue weighted by atomic mass is 9.47. The summed E-state index contributed by atoms with van der Waals surface area (Å²) in [5, 5.41) is 1.89. The van der Waals surface area contributed by atoms with E-state index < -0.39 is 8.56 Å². The monoisotopic (exact) mass is 584 g/mol. The van der Waals surface area contributed by atoms with E-state index in [0.717, 1.165) is 58.7 Å². The molecule has 4 aliphatic rings. The number of benzene rings is 2. The van der Waals surface area contributed by atoms with Gasteiger partial charge >= 0.3 is 8.56 Å². The lowest BCUT2D eigenvalue weighted by Gasteiger charge is -2.58. The van der Waals surface area contributed by atoms with E-state index in [1.807, 2.05) is 36.4 Å². The highest BCUT2D eigenvalue weighted by atomic mass is 28.4. The first kappa shape index (κ1) is 30.3. The van der Waals surface area contributed by atoms with Crippen LogP contribution in [0.25, 0.3) is 0 Å². The maximum atomic E-state index is 12.2. The van der Waals surface area contributed by atoms with E-state index in [1.54, 1.807) is 5.57 Å². The Hall–Kier alpha value is -1.68. The molecule has 3 fully saturated rings. The summed E-state index contributed by atoms with van der Waals surface area (Å²) in [6.45, 7) is 12.6. The van der Waals surface area contributed by atoms with Crippen LogP contribution in [0.15, 0.2) is 72.3 Å². The van der Waals surface area contributed by atoms with Crippen molar-refractivity contribution >= 4 is 18.9 Å². The summed E-state index contributed by atoms with van der Waals surface area (Å²) >= 11 is 0. The van der Waals surface area contributed by atoms with Gasteiger partial charge in [-0.1, -0.05) is 126 Å². The van der Waals surface area contributed by atoms with E-state index in [1.165, 1.54) is 57.8 Å². The van der Waals surface area contributed by atoms with Crippen LogP contribution in [0.1, 0.15) is 105 Å². The molecule has 0 bridgehead atoms. The van der Waals surface area contributed by atoms with Crippen molar-refractivity contribution in [2.75, 3.05) is 0 Å². The Labute approximate surface area is 257 Å². The molecule has 2 nitrogen and oxygen atoms in total. The van der Waals surface area contributed by atoms with Gasteiger partial charge in [0.2, 0.25) is 0 Å². The van der Waals surface area contributed by atoms with Crippen LogP contribution in [0.5, 0.6) is 0 Å². The number of allylic oxidation sites excluding steroid dienone is 1.